The number of benzene rings is 1. The van der Waals surface area contributed by atoms with Crippen LogP contribution in [-0.2, 0) is 12.8 Å². The maximum Gasteiger partial charge on any atom is 0.226 e. The van der Waals surface area contributed by atoms with E-state index in [0.29, 0.717) is 35.8 Å². The second kappa shape index (κ2) is 7.46. The molecule has 2 aromatic heterocycles. The van der Waals surface area contributed by atoms with Crippen LogP contribution in [0.25, 0.3) is 11.4 Å². The summed E-state index contributed by atoms with van der Waals surface area (Å²) >= 11 is 0. The van der Waals surface area contributed by atoms with Crippen LogP contribution >= 0.6 is 0 Å². The van der Waals surface area contributed by atoms with Crippen molar-refractivity contribution >= 4 is 11.6 Å². The van der Waals surface area contributed by atoms with Crippen LogP contribution in [0.1, 0.15) is 70.5 Å². The molecule has 1 aliphatic rings. The summed E-state index contributed by atoms with van der Waals surface area (Å²) in [4.78, 5) is 32.8. The van der Waals surface area contributed by atoms with Gasteiger partial charge < -0.3 is 4.52 Å². The van der Waals surface area contributed by atoms with Crippen LogP contribution in [0.15, 0.2) is 41.1 Å². The van der Waals surface area contributed by atoms with E-state index in [2.05, 4.69) is 27.3 Å². The molecule has 3 aromatic rings. The molecule has 0 fully saturated rings. The maximum atomic E-state index is 12.7. The largest absolute Gasteiger partial charge is 0.339 e. The van der Waals surface area contributed by atoms with Crippen molar-refractivity contribution in [2.75, 3.05) is 0 Å². The van der Waals surface area contributed by atoms with Gasteiger partial charge in [0.1, 0.15) is 5.69 Å². The number of hydrogen-bond donors (Lipinski definition) is 0. The van der Waals surface area contributed by atoms with Gasteiger partial charge in [-0.25, -0.2) is 0 Å². The lowest BCUT2D eigenvalue weighted by molar-refractivity contribution is 0.0968. The first-order valence-corrected chi connectivity index (χ1v) is 9.51. The maximum absolute atomic E-state index is 12.7. The van der Waals surface area contributed by atoms with Crippen LogP contribution in [0, 0.1) is 0 Å². The van der Waals surface area contributed by atoms with E-state index in [-0.39, 0.29) is 17.5 Å². The molecule has 1 atom stereocenters. The topological polar surface area (TPSA) is 86.0 Å². The molecule has 0 saturated heterocycles. The van der Waals surface area contributed by atoms with Crippen molar-refractivity contribution in [2.24, 2.45) is 0 Å². The Morgan fingerprint density at radius 2 is 2.07 bits per heavy atom. The van der Waals surface area contributed by atoms with Crippen LogP contribution in [0.3, 0.4) is 0 Å². The van der Waals surface area contributed by atoms with Gasteiger partial charge in [0.05, 0.1) is 0 Å². The quantitative estimate of drug-likeness (QED) is 0.600. The Labute approximate surface area is 163 Å². The van der Waals surface area contributed by atoms with Gasteiger partial charge >= 0.3 is 0 Å². The lowest BCUT2D eigenvalue weighted by Crippen LogP contribution is -2.08. The minimum atomic E-state index is -0.0668. The molecular weight excluding hydrogens is 354 g/mol. The minimum Gasteiger partial charge on any atom is -0.339 e. The SMILES string of the molecule is CCc1nc(-c2ccc3c(c2)CC[C@H]3CC(=O)c2cc(C(C)=O)ccn2)no1. The average Bonchev–Trinajstić information content (AvgIpc) is 3.35. The smallest absolute Gasteiger partial charge is 0.226 e. The molecule has 6 nitrogen and oxygen atoms in total. The van der Waals surface area contributed by atoms with Crippen molar-refractivity contribution in [3.05, 3.63) is 64.8 Å². The molecule has 0 unspecified atom stereocenters. The van der Waals surface area contributed by atoms with Crippen LogP contribution in [0.4, 0.5) is 0 Å². The summed E-state index contributed by atoms with van der Waals surface area (Å²) in [5, 5.41) is 4.04. The van der Waals surface area contributed by atoms with Gasteiger partial charge in [-0.1, -0.05) is 24.2 Å². The Hall–Kier alpha value is -3.15. The zero-order chi connectivity index (χ0) is 19.7. The molecule has 0 saturated carbocycles. The number of aryl methyl sites for hydroxylation is 2. The van der Waals surface area contributed by atoms with Crippen molar-refractivity contribution in [1.29, 1.82) is 0 Å². The van der Waals surface area contributed by atoms with Crippen LogP contribution in [-0.4, -0.2) is 26.7 Å². The number of carbonyl (C=O) groups is 2. The lowest BCUT2D eigenvalue weighted by atomic mass is 9.93. The fraction of sp³-hybridized carbons (Fsp3) is 0.318. The molecule has 0 bridgehead atoms. The predicted molar refractivity (Wildman–Crippen MR) is 103 cm³/mol. The standard InChI is InChI=1S/C22H21N3O3/c1-3-21-24-22(25-28-21)17-6-7-18-15(10-17)4-5-16(18)12-20(27)19-11-14(13(2)26)8-9-23-19/h6-11,16H,3-5,12H2,1-2H3/t16-/m0/s1. The molecule has 0 spiro atoms. The molecule has 0 N–H and O–H groups in total. The van der Waals surface area contributed by atoms with Gasteiger partial charge in [0.25, 0.3) is 0 Å². The fourth-order valence-corrected chi connectivity index (χ4v) is 3.70. The summed E-state index contributed by atoms with van der Waals surface area (Å²) in [5.41, 5.74) is 4.23. The molecule has 0 amide bonds. The zero-order valence-corrected chi connectivity index (χ0v) is 15.9. The number of rotatable bonds is 6. The molecule has 142 valence electrons. The van der Waals surface area contributed by atoms with Crippen molar-refractivity contribution < 1.29 is 14.1 Å². The molecule has 0 aliphatic heterocycles. The number of aromatic nitrogens is 3. The molecule has 0 radical (unpaired) electrons. The molecular formula is C22H21N3O3. The second-order valence-electron chi connectivity index (χ2n) is 7.13. The Bertz CT molecular complexity index is 1050. The Morgan fingerprint density at radius 1 is 1.21 bits per heavy atom. The van der Waals surface area contributed by atoms with Gasteiger partial charge in [-0.15, -0.1) is 0 Å². The van der Waals surface area contributed by atoms with Gasteiger partial charge in [0, 0.05) is 30.2 Å². The van der Waals surface area contributed by atoms with Gasteiger partial charge in [-0.2, -0.15) is 4.98 Å². The second-order valence-corrected chi connectivity index (χ2v) is 7.13. The van der Waals surface area contributed by atoms with E-state index in [1.807, 2.05) is 13.0 Å². The lowest BCUT2D eigenvalue weighted by Gasteiger charge is -2.11. The van der Waals surface area contributed by atoms with Crippen molar-refractivity contribution in [3.63, 3.8) is 0 Å². The molecule has 2 heterocycles. The number of nitrogens with zero attached hydrogens (tertiary/aromatic N) is 3. The van der Waals surface area contributed by atoms with E-state index in [9.17, 15) is 9.59 Å². The molecule has 1 aromatic carbocycles. The van der Waals surface area contributed by atoms with E-state index in [4.69, 9.17) is 4.52 Å². The molecule has 4 rings (SSSR count). The number of ketones is 2. The first kappa shape index (κ1) is 18.2. The summed E-state index contributed by atoms with van der Waals surface area (Å²) in [6.45, 7) is 3.46. The molecule has 28 heavy (non-hydrogen) atoms. The Balaban J connectivity index is 1.52. The normalized spacial score (nSPS) is 15.4. The van der Waals surface area contributed by atoms with Crippen molar-refractivity contribution in [2.45, 2.75) is 45.4 Å². The highest BCUT2D eigenvalue weighted by Crippen LogP contribution is 2.38. The number of Topliss-reactive ketones (excluding diaryl/α,β-unsaturated/α-hetero) is 2. The Morgan fingerprint density at radius 3 is 2.82 bits per heavy atom. The third-order valence-electron chi connectivity index (χ3n) is 5.26. The summed E-state index contributed by atoms with van der Waals surface area (Å²) < 4.78 is 5.20. The number of pyridine rings is 1. The highest BCUT2D eigenvalue weighted by molar-refractivity contribution is 5.99. The first-order valence-electron chi connectivity index (χ1n) is 9.51. The van der Waals surface area contributed by atoms with E-state index < -0.39 is 0 Å². The van der Waals surface area contributed by atoms with E-state index >= 15 is 0 Å². The monoisotopic (exact) mass is 375 g/mol. The highest BCUT2D eigenvalue weighted by Gasteiger charge is 2.26. The van der Waals surface area contributed by atoms with Gasteiger partial charge in [-0.3, -0.25) is 14.6 Å². The van der Waals surface area contributed by atoms with Crippen molar-refractivity contribution in [3.8, 4) is 11.4 Å². The third-order valence-corrected chi connectivity index (χ3v) is 5.26. The number of fused-ring (bicyclic) bond motifs is 1. The first-order chi connectivity index (χ1) is 13.5. The van der Waals surface area contributed by atoms with E-state index in [0.717, 1.165) is 18.4 Å². The Kier molecular flexibility index (Phi) is 4.86. The number of carbonyl (C=O) groups excluding carboxylic acids is 2. The van der Waals surface area contributed by atoms with Crippen LogP contribution in [0.2, 0.25) is 0 Å². The highest BCUT2D eigenvalue weighted by atomic mass is 16.5. The number of hydrogen-bond acceptors (Lipinski definition) is 6. The third kappa shape index (κ3) is 3.50. The molecule has 1 aliphatic carbocycles. The summed E-state index contributed by atoms with van der Waals surface area (Å²) in [6.07, 6.45) is 4.46. The predicted octanol–water partition coefficient (Wildman–Crippen LogP) is 4.20. The van der Waals surface area contributed by atoms with Gasteiger partial charge in [-0.05, 0) is 55.0 Å². The van der Waals surface area contributed by atoms with Gasteiger partial charge in [0.15, 0.2) is 11.6 Å². The fourth-order valence-electron chi connectivity index (χ4n) is 3.70. The van der Waals surface area contributed by atoms with Crippen molar-refractivity contribution in [1.82, 2.24) is 15.1 Å². The van der Waals surface area contributed by atoms with Crippen LogP contribution in [0.5, 0.6) is 0 Å². The average molecular weight is 375 g/mol. The molecule has 6 heteroatoms. The summed E-state index contributed by atoms with van der Waals surface area (Å²) in [5.74, 6) is 1.29. The van der Waals surface area contributed by atoms with E-state index in [1.54, 1.807) is 12.1 Å². The van der Waals surface area contributed by atoms with E-state index in [1.165, 1.54) is 24.2 Å². The van der Waals surface area contributed by atoms with Crippen LogP contribution < -0.4 is 0 Å². The minimum absolute atomic E-state index is 0.0317. The van der Waals surface area contributed by atoms with Gasteiger partial charge in [0.2, 0.25) is 11.7 Å². The zero-order valence-electron chi connectivity index (χ0n) is 15.9. The summed E-state index contributed by atoms with van der Waals surface area (Å²) in [6, 6.07) is 9.37. The summed E-state index contributed by atoms with van der Waals surface area (Å²) in [7, 11) is 0.